The van der Waals surface area contributed by atoms with Gasteiger partial charge < -0.3 is 15.2 Å². The van der Waals surface area contributed by atoms with Crippen LogP contribution in [0.5, 0.6) is 0 Å². The van der Waals surface area contributed by atoms with Gasteiger partial charge in [-0.1, -0.05) is 42.0 Å². The number of hydrogen-bond acceptors (Lipinski definition) is 3. The van der Waals surface area contributed by atoms with E-state index in [9.17, 15) is 14.4 Å². The maximum Gasteiger partial charge on any atom is 0.274 e. The molecule has 1 aromatic heterocycles. The molecule has 0 saturated carbocycles. The van der Waals surface area contributed by atoms with E-state index >= 15 is 0 Å². The number of nitrogens with one attached hydrogen (secondary N) is 2. The molecule has 2 N–H and O–H groups in total. The second-order valence-corrected chi connectivity index (χ2v) is 7.31. The molecule has 0 aliphatic heterocycles. The van der Waals surface area contributed by atoms with E-state index in [1.807, 2.05) is 38.1 Å². The summed E-state index contributed by atoms with van der Waals surface area (Å²) in [6, 6.07) is 18.0. The molecule has 0 aliphatic carbocycles. The molecule has 0 radical (unpaired) electrons. The lowest BCUT2D eigenvalue weighted by Gasteiger charge is -2.14. The fourth-order valence-corrected chi connectivity index (χ4v) is 3.13. The van der Waals surface area contributed by atoms with Crippen molar-refractivity contribution < 1.29 is 9.59 Å². The van der Waals surface area contributed by atoms with Crippen molar-refractivity contribution in [1.82, 2.24) is 9.88 Å². The predicted molar refractivity (Wildman–Crippen MR) is 118 cm³/mol. The Bertz CT molecular complexity index is 1130. The van der Waals surface area contributed by atoms with Gasteiger partial charge in [-0.15, -0.1) is 0 Å². The number of anilines is 1. The summed E-state index contributed by atoms with van der Waals surface area (Å²) in [5.74, 6) is -0.643. The lowest BCUT2D eigenvalue weighted by Crippen LogP contribution is -2.34. The van der Waals surface area contributed by atoms with Crippen LogP contribution in [0, 0.1) is 20.8 Å². The quantitative estimate of drug-likeness (QED) is 0.662. The normalized spacial score (nSPS) is 10.5. The molecule has 6 heteroatoms. The van der Waals surface area contributed by atoms with Crippen LogP contribution in [0.3, 0.4) is 0 Å². The average molecular weight is 403 g/mol. The minimum Gasteiger partial charge on any atom is -0.350 e. The second-order valence-electron chi connectivity index (χ2n) is 7.31. The Hall–Kier alpha value is -3.67. The summed E-state index contributed by atoms with van der Waals surface area (Å²) >= 11 is 0. The zero-order valence-corrected chi connectivity index (χ0v) is 17.4. The highest BCUT2D eigenvalue weighted by Crippen LogP contribution is 2.10. The molecular formula is C24H25N3O3. The molecule has 0 fully saturated rings. The zero-order valence-electron chi connectivity index (χ0n) is 17.4. The second kappa shape index (κ2) is 9.22. The van der Waals surface area contributed by atoms with Crippen molar-refractivity contribution in [2.24, 2.45) is 0 Å². The summed E-state index contributed by atoms with van der Waals surface area (Å²) in [6.45, 7) is 6.02. The van der Waals surface area contributed by atoms with Gasteiger partial charge in [0.2, 0.25) is 5.91 Å². The summed E-state index contributed by atoms with van der Waals surface area (Å²) in [6.07, 6.45) is 0. The molecule has 3 rings (SSSR count). The number of rotatable bonds is 6. The predicted octanol–water partition coefficient (Wildman–Crippen LogP) is 3.34. The van der Waals surface area contributed by atoms with E-state index in [1.54, 1.807) is 43.3 Å². The van der Waals surface area contributed by atoms with Gasteiger partial charge in [0.25, 0.3) is 11.5 Å². The van der Waals surface area contributed by atoms with Gasteiger partial charge in [0, 0.05) is 17.8 Å². The third-order valence-electron chi connectivity index (χ3n) is 4.96. The molecule has 0 unspecified atom stereocenters. The molecule has 2 aromatic carbocycles. The van der Waals surface area contributed by atoms with Crippen molar-refractivity contribution in [3.8, 4) is 0 Å². The Morgan fingerprint density at radius 2 is 1.67 bits per heavy atom. The fourth-order valence-electron chi connectivity index (χ4n) is 3.13. The first-order valence-electron chi connectivity index (χ1n) is 9.75. The van der Waals surface area contributed by atoms with Gasteiger partial charge in [-0.3, -0.25) is 14.4 Å². The summed E-state index contributed by atoms with van der Waals surface area (Å²) in [7, 11) is 0. The van der Waals surface area contributed by atoms with Crippen LogP contribution in [0.15, 0.2) is 65.5 Å². The van der Waals surface area contributed by atoms with Crippen LogP contribution in [-0.2, 0) is 17.9 Å². The molecular weight excluding hydrogens is 378 g/mol. The van der Waals surface area contributed by atoms with Crippen LogP contribution in [0.1, 0.15) is 32.7 Å². The van der Waals surface area contributed by atoms with Gasteiger partial charge in [0.1, 0.15) is 12.2 Å². The van der Waals surface area contributed by atoms with E-state index in [-0.39, 0.29) is 24.0 Å². The lowest BCUT2D eigenvalue weighted by molar-refractivity contribution is -0.121. The van der Waals surface area contributed by atoms with E-state index in [2.05, 4.69) is 10.6 Å². The first-order valence-corrected chi connectivity index (χ1v) is 9.75. The molecule has 0 atom stereocenters. The number of nitrogens with zero attached hydrogens (tertiary/aromatic N) is 1. The third-order valence-corrected chi connectivity index (χ3v) is 4.96. The molecule has 2 amide bonds. The van der Waals surface area contributed by atoms with Crippen molar-refractivity contribution >= 4 is 17.5 Å². The minimum absolute atomic E-state index is 0.120. The van der Waals surface area contributed by atoms with E-state index in [1.165, 1.54) is 4.57 Å². The van der Waals surface area contributed by atoms with Crippen LogP contribution in [0.4, 0.5) is 5.69 Å². The van der Waals surface area contributed by atoms with Crippen molar-refractivity contribution in [2.75, 3.05) is 5.32 Å². The minimum atomic E-state index is -0.416. The van der Waals surface area contributed by atoms with E-state index < -0.39 is 5.56 Å². The Kier molecular flexibility index (Phi) is 6.47. The zero-order chi connectivity index (χ0) is 21.7. The van der Waals surface area contributed by atoms with Crippen molar-refractivity contribution in [3.63, 3.8) is 0 Å². The molecule has 6 nitrogen and oxygen atoms in total. The maximum atomic E-state index is 12.8. The van der Waals surface area contributed by atoms with Gasteiger partial charge in [-0.05, 0) is 56.2 Å². The number of benzene rings is 2. The molecule has 0 aliphatic rings. The van der Waals surface area contributed by atoms with Crippen LogP contribution < -0.4 is 16.2 Å². The van der Waals surface area contributed by atoms with Crippen LogP contribution in [0.25, 0.3) is 0 Å². The van der Waals surface area contributed by atoms with Crippen molar-refractivity contribution in [3.05, 3.63) is 99.0 Å². The first-order chi connectivity index (χ1) is 14.3. The molecule has 0 spiro atoms. The van der Waals surface area contributed by atoms with Crippen LogP contribution in [0.2, 0.25) is 0 Å². The Labute approximate surface area is 175 Å². The number of pyridine rings is 1. The van der Waals surface area contributed by atoms with Crippen LogP contribution >= 0.6 is 0 Å². The SMILES string of the molecule is Cc1ccc(C)c(CNC(=O)Cn2c(C)ccc(NC(=O)c3ccccc3)c2=O)c1. The van der Waals surface area contributed by atoms with Gasteiger partial charge in [-0.25, -0.2) is 0 Å². The Balaban J connectivity index is 1.72. The monoisotopic (exact) mass is 403 g/mol. The fraction of sp³-hybridized carbons (Fsp3) is 0.208. The van der Waals surface area contributed by atoms with Crippen LogP contribution in [-0.4, -0.2) is 16.4 Å². The number of carbonyl (C=O) groups is 2. The number of aryl methyl sites for hydroxylation is 3. The van der Waals surface area contributed by atoms with Gasteiger partial charge in [0.05, 0.1) is 0 Å². The van der Waals surface area contributed by atoms with E-state index in [4.69, 9.17) is 0 Å². The van der Waals surface area contributed by atoms with Gasteiger partial charge >= 0.3 is 0 Å². The first kappa shape index (κ1) is 21.0. The lowest BCUT2D eigenvalue weighted by atomic mass is 10.1. The number of carbonyl (C=O) groups excluding carboxylic acids is 2. The summed E-state index contributed by atoms with van der Waals surface area (Å²) in [4.78, 5) is 37.7. The smallest absolute Gasteiger partial charge is 0.274 e. The Morgan fingerprint density at radius 3 is 2.40 bits per heavy atom. The largest absolute Gasteiger partial charge is 0.350 e. The summed E-state index contributed by atoms with van der Waals surface area (Å²) in [5.41, 5.74) is 4.07. The standard InChI is InChI=1S/C24H25N3O3/c1-16-9-10-17(2)20(13-16)14-25-22(28)15-27-18(3)11-12-21(24(27)30)26-23(29)19-7-5-4-6-8-19/h4-13H,14-15H2,1-3H3,(H,25,28)(H,26,29). The van der Waals surface area contributed by atoms with E-state index in [0.717, 1.165) is 16.7 Å². The average Bonchev–Trinajstić information content (AvgIpc) is 2.74. The topological polar surface area (TPSA) is 80.2 Å². The molecule has 154 valence electrons. The van der Waals surface area contributed by atoms with Gasteiger partial charge in [-0.2, -0.15) is 0 Å². The molecule has 30 heavy (non-hydrogen) atoms. The highest BCUT2D eigenvalue weighted by molar-refractivity contribution is 6.04. The highest BCUT2D eigenvalue weighted by Gasteiger charge is 2.13. The van der Waals surface area contributed by atoms with Crippen molar-refractivity contribution in [1.29, 1.82) is 0 Å². The van der Waals surface area contributed by atoms with Crippen molar-refractivity contribution in [2.45, 2.75) is 33.9 Å². The maximum absolute atomic E-state index is 12.8. The summed E-state index contributed by atoms with van der Waals surface area (Å²) < 4.78 is 1.36. The molecule has 0 saturated heterocycles. The molecule has 3 aromatic rings. The van der Waals surface area contributed by atoms with E-state index in [0.29, 0.717) is 17.8 Å². The summed E-state index contributed by atoms with van der Waals surface area (Å²) in [5, 5.41) is 5.50. The third kappa shape index (κ3) is 5.03. The molecule has 1 heterocycles. The number of hydrogen-bond donors (Lipinski definition) is 2. The number of aromatic nitrogens is 1. The highest BCUT2D eigenvalue weighted by atomic mass is 16.2. The Morgan fingerprint density at radius 1 is 0.933 bits per heavy atom. The van der Waals surface area contributed by atoms with Gasteiger partial charge in [0.15, 0.2) is 0 Å². The molecule has 0 bridgehead atoms. The number of amides is 2.